The lowest BCUT2D eigenvalue weighted by Crippen LogP contribution is -2.17. The van der Waals surface area contributed by atoms with E-state index in [4.69, 9.17) is 9.47 Å². The summed E-state index contributed by atoms with van der Waals surface area (Å²) >= 11 is 0. The number of rotatable bonds is 10. The molecular weight excluding hydrogens is 372 g/mol. The highest BCUT2D eigenvalue weighted by atomic mass is 16.5. The van der Waals surface area contributed by atoms with Crippen molar-refractivity contribution >= 4 is 11.8 Å². The predicted octanol–water partition coefficient (Wildman–Crippen LogP) is 4.39. The second-order valence-corrected chi connectivity index (χ2v) is 6.71. The first kappa shape index (κ1) is 22.0. The van der Waals surface area contributed by atoms with Gasteiger partial charge in [0, 0.05) is 11.1 Å². The van der Waals surface area contributed by atoms with Crippen molar-refractivity contribution in [3.8, 4) is 17.2 Å². The lowest BCUT2D eigenvalue weighted by Gasteiger charge is -2.19. The number of ketones is 1. The molecule has 0 aliphatic carbocycles. The normalized spacial score (nSPS) is 11.5. The molecule has 1 atom stereocenters. The van der Waals surface area contributed by atoms with Gasteiger partial charge in [0.15, 0.2) is 17.3 Å². The maximum Gasteiger partial charge on any atom is 0.333 e. The largest absolute Gasteiger partial charge is 0.504 e. The maximum absolute atomic E-state index is 12.5. The molecule has 6 heteroatoms. The molecular formula is C23H26O6. The molecule has 0 heterocycles. The SMILES string of the molecule is C=C(C)C(=O)OCCCC(CC)Oc1ccc(C(=O)c2ccccc2)c(O)c1O. The average Bonchev–Trinajstić information content (AvgIpc) is 2.73. The first-order chi connectivity index (χ1) is 13.8. The number of phenolic OH excluding ortho intramolecular Hbond substituents is 2. The van der Waals surface area contributed by atoms with Gasteiger partial charge in [-0.25, -0.2) is 4.79 Å². The van der Waals surface area contributed by atoms with Crippen LogP contribution in [0.2, 0.25) is 0 Å². The summed E-state index contributed by atoms with van der Waals surface area (Å²) in [7, 11) is 0. The Balaban J connectivity index is 2.03. The second-order valence-electron chi connectivity index (χ2n) is 6.71. The summed E-state index contributed by atoms with van der Waals surface area (Å²) in [6, 6.07) is 11.4. The average molecular weight is 398 g/mol. The fraction of sp³-hybridized carbons (Fsp3) is 0.304. The number of ether oxygens (including phenoxy) is 2. The summed E-state index contributed by atoms with van der Waals surface area (Å²) in [4.78, 5) is 23.9. The lowest BCUT2D eigenvalue weighted by molar-refractivity contribution is -0.139. The van der Waals surface area contributed by atoms with Gasteiger partial charge >= 0.3 is 5.97 Å². The third-order valence-electron chi connectivity index (χ3n) is 4.40. The molecule has 0 aliphatic rings. The molecule has 0 saturated heterocycles. The molecule has 0 fully saturated rings. The third-order valence-corrected chi connectivity index (χ3v) is 4.40. The Morgan fingerprint density at radius 2 is 1.76 bits per heavy atom. The fourth-order valence-corrected chi connectivity index (χ4v) is 2.71. The Kier molecular flexibility index (Phi) is 7.83. The van der Waals surface area contributed by atoms with E-state index in [0.717, 1.165) is 0 Å². The van der Waals surface area contributed by atoms with Gasteiger partial charge in [-0.1, -0.05) is 43.8 Å². The minimum absolute atomic E-state index is 0.000746. The molecule has 1 unspecified atom stereocenters. The van der Waals surface area contributed by atoms with E-state index < -0.39 is 23.3 Å². The van der Waals surface area contributed by atoms with Crippen LogP contribution in [0.5, 0.6) is 17.2 Å². The van der Waals surface area contributed by atoms with Crippen LogP contribution in [0, 0.1) is 0 Å². The van der Waals surface area contributed by atoms with Crippen LogP contribution in [0.15, 0.2) is 54.6 Å². The summed E-state index contributed by atoms with van der Waals surface area (Å²) in [6.45, 7) is 7.28. The molecule has 2 rings (SSSR count). The van der Waals surface area contributed by atoms with Crippen molar-refractivity contribution < 1.29 is 29.3 Å². The Bertz CT molecular complexity index is 872. The quantitative estimate of drug-likeness (QED) is 0.203. The van der Waals surface area contributed by atoms with Crippen molar-refractivity contribution in [1.82, 2.24) is 0 Å². The minimum Gasteiger partial charge on any atom is -0.504 e. The fourth-order valence-electron chi connectivity index (χ4n) is 2.71. The van der Waals surface area contributed by atoms with Crippen molar-refractivity contribution in [2.24, 2.45) is 0 Å². The van der Waals surface area contributed by atoms with E-state index in [0.29, 0.717) is 30.4 Å². The van der Waals surface area contributed by atoms with E-state index in [9.17, 15) is 19.8 Å². The van der Waals surface area contributed by atoms with Gasteiger partial charge in [-0.3, -0.25) is 4.79 Å². The molecule has 0 saturated carbocycles. The second kappa shape index (κ2) is 10.3. The molecule has 6 nitrogen and oxygen atoms in total. The number of hydrogen-bond donors (Lipinski definition) is 2. The van der Waals surface area contributed by atoms with Crippen molar-refractivity contribution in [1.29, 1.82) is 0 Å². The molecule has 0 aromatic heterocycles. The van der Waals surface area contributed by atoms with Gasteiger partial charge < -0.3 is 19.7 Å². The zero-order chi connectivity index (χ0) is 21.4. The zero-order valence-electron chi connectivity index (χ0n) is 16.7. The van der Waals surface area contributed by atoms with Crippen molar-refractivity contribution in [2.45, 2.75) is 39.2 Å². The Hall–Kier alpha value is -3.28. The number of aromatic hydroxyl groups is 2. The monoisotopic (exact) mass is 398 g/mol. The van der Waals surface area contributed by atoms with E-state index in [2.05, 4.69) is 6.58 Å². The molecule has 154 valence electrons. The Morgan fingerprint density at radius 1 is 1.07 bits per heavy atom. The number of carbonyl (C=O) groups is 2. The standard InChI is InChI=1S/C23H26O6/c1-4-17(11-8-14-28-23(27)15(2)3)29-19-13-12-18(21(25)22(19)26)20(24)16-9-6-5-7-10-16/h5-7,9-10,12-13,17,25-26H,2,4,8,11,14H2,1,3H3. The third kappa shape index (κ3) is 5.85. The molecule has 2 aromatic rings. The summed E-state index contributed by atoms with van der Waals surface area (Å²) in [6.07, 6.45) is 1.57. The van der Waals surface area contributed by atoms with E-state index in [1.165, 1.54) is 12.1 Å². The van der Waals surface area contributed by atoms with Crippen LogP contribution in [0.25, 0.3) is 0 Å². The van der Waals surface area contributed by atoms with E-state index >= 15 is 0 Å². The minimum atomic E-state index is -0.512. The summed E-state index contributed by atoms with van der Waals surface area (Å²) in [5.41, 5.74) is 0.756. The van der Waals surface area contributed by atoms with E-state index in [1.807, 2.05) is 6.92 Å². The molecule has 0 spiro atoms. The topological polar surface area (TPSA) is 93.1 Å². The van der Waals surface area contributed by atoms with Gasteiger partial charge in [-0.05, 0) is 38.3 Å². The van der Waals surface area contributed by atoms with Crippen molar-refractivity contribution in [2.75, 3.05) is 6.61 Å². The number of hydrogen-bond acceptors (Lipinski definition) is 6. The summed E-state index contributed by atoms with van der Waals surface area (Å²) in [5.74, 6) is -1.71. The molecule has 2 aromatic carbocycles. The molecule has 2 N–H and O–H groups in total. The summed E-state index contributed by atoms with van der Waals surface area (Å²) < 4.78 is 10.8. The van der Waals surface area contributed by atoms with Crippen LogP contribution < -0.4 is 4.74 Å². The maximum atomic E-state index is 12.5. The first-order valence-electron chi connectivity index (χ1n) is 9.49. The number of esters is 1. The zero-order valence-corrected chi connectivity index (χ0v) is 16.7. The highest BCUT2D eigenvalue weighted by Crippen LogP contribution is 2.39. The van der Waals surface area contributed by atoms with Crippen LogP contribution >= 0.6 is 0 Å². The number of benzene rings is 2. The van der Waals surface area contributed by atoms with Gasteiger partial charge in [0.05, 0.1) is 18.3 Å². The van der Waals surface area contributed by atoms with Crippen LogP contribution in [-0.2, 0) is 9.53 Å². The van der Waals surface area contributed by atoms with Gasteiger partial charge in [0.1, 0.15) is 0 Å². The van der Waals surface area contributed by atoms with Crippen molar-refractivity contribution in [3.05, 3.63) is 65.7 Å². The van der Waals surface area contributed by atoms with Crippen LogP contribution in [0.4, 0.5) is 0 Å². The van der Waals surface area contributed by atoms with Crippen molar-refractivity contribution in [3.63, 3.8) is 0 Å². The van der Waals surface area contributed by atoms with Gasteiger partial charge in [0.25, 0.3) is 0 Å². The first-order valence-corrected chi connectivity index (χ1v) is 9.49. The highest BCUT2D eigenvalue weighted by Gasteiger charge is 2.21. The van der Waals surface area contributed by atoms with Gasteiger partial charge in [-0.2, -0.15) is 0 Å². The van der Waals surface area contributed by atoms with Crippen LogP contribution in [-0.4, -0.2) is 34.7 Å². The lowest BCUT2D eigenvalue weighted by atomic mass is 10.0. The molecule has 0 radical (unpaired) electrons. The smallest absolute Gasteiger partial charge is 0.333 e. The predicted molar refractivity (Wildman–Crippen MR) is 109 cm³/mol. The molecule has 0 bridgehead atoms. The Labute approximate surface area is 170 Å². The van der Waals surface area contributed by atoms with Gasteiger partial charge in [0.2, 0.25) is 5.75 Å². The highest BCUT2D eigenvalue weighted by molar-refractivity contribution is 6.11. The van der Waals surface area contributed by atoms with Gasteiger partial charge in [-0.15, -0.1) is 0 Å². The molecule has 0 aliphatic heterocycles. The van der Waals surface area contributed by atoms with Crippen LogP contribution in [0.3, 0.4) is 0 Å². The van der Waals surface area contributed by atoms with Crippen LogP contribution in [0.1, 0.15) is 49.0 Å². The number of carbonyl (C=O) groups excluding carboxylic acids is 2. The van der Waals surface area contributed by atoms with E-state index in [-0.39, 0.29) is 24.0 Å². The molecule has 29 heavy (non-hydrogen) atoms. The van der Waals surface area contributed by atoms with E-state index in [1.54, 1.807) is 37.3 Å². The summed E-state index contributed by atoms with van der Waals surface area (Å²) in [5, 5.41) is 20.6. The number of phenols is 2. The molecule has 0 amide bonds. The Morgan fingerprint density at radius 3 is 2.38 bits per heavy atom.